The number of piperidine rings is 1. The Morgan fingerprint density at radius 1 is 1.12 bits per heavy atom. The van der Waals surface area contributed by atoms with Gasteiger partial charge in [0, 0.05) is 25.2 Å². The zero-order chi connectivity index (χ0) is 22.7. The van der Waals surface area contributed by atoms with Crippen molar-refractivity contribution in [2.45, 2.75) is 50.0 Å². The minimum absolute atomic E-state index is 0.0816. The van der Waals surface area contributed by atoms with Crippen LogP contribution in [0.5, 0.6) is 5.75 Å². The molecule has 10 heteroatoms. The third kappa shape index (κ3) is 4.91. The number of ether oxygens (including phenoxy) is 1. The number of rotatable bonds is 6. The van der Waals surface area contributed by atoms with Gasteiger partial charge in [0.2, 0.25) is 15.9 Å². The summed E-state index contributed by atoms with van der Waals surface area (Å²) in [5.41, 5.74) is 2.32. The largest absolute Gasteiger partial charge is 0.431 e. The maximum atomic E-state index is 13.1. The number of halogens is 2. The fraction of sp³-hybridized carbons (Fsp3) is 0.455. The van der Waals surface area contributed by atoms with E-state index in [9.17, 15) is 22.0 Å². The minimum atomic E-state index is -3.64. The molecule has 0 radical (unpaired) electrons. The number of hydrogen-bond acceptors (Lipinski definition) is 5. The fourth-order valence-electron chi connectivity index (χ4n) is 4.27. The first kappa shape index (κ1) is 22.6. The highest BCUT2D eigenvalue weighted by atomic mass is 32.2. The molecule has 1 aliphatic carbocycles. The van der Waals surface area contributed by atoms with E-state index in [-0.39, 0.29) is 24.7 Å². The Labute approximate surface area is 185 Å². The van der Waals surface area contributed by atoms with Crippen molar-refractivity contribution in [1.29, 1.82) is 0 Å². The number of pyridine rings is 1. The van der Waals surface area contributed by atoms with E-state index in [1.807, 2.05) is 6.07 Å². The van der Waals surface area contributed by atoms with Crippen molar-refractivity contribution in [1.82, 2.24) is 9.29 Å². The summed E-state index contributed by atoms with van der Waals surface area (Å²) in [4.78, 5) is 16.8. The van der Waals surface area contributed by atoms with Crippen LogP contribution < -0.4 is 10.1 Å². The van der Waals surface area contributed by atoms with E-state index < -0.39 is 28.5 Å². The summed E-state index contributed by atoms with van der Waals surface area (Å²) < 4.78 is 57.1. The number of nitrogens with one attached hydrogen (secondary N) is 1. The lowest BCUT2D eigenvalue weighted by molar-refractivity contribution is -0.121. The Balaban J connectivity index is 1.39. The molecule has 1 aromatic heterocycles. The summed E-state index contributed by atoms with van der Waals surface area (Å²) in [6.45, 7) is -2.62. The lowest BCUT2D eigenvalue weighted by Gasteiger charge is -2.31. The van der Waals surface area contributed by atoms with Gasteiger partial charge in [0.05, 0.1) is 4.90 Å². The minimum Gasteiger partial charge on any atom is -0.431 e. The molecule has 1 fully saturated rings. The summed E-state index contributed by atoms with van der Waals surface area (Å²) in [6.07, 6.45) is 6.09. The highest BCUT2D eigenvalue weighted by molar-refractivity contribution is 7.89. The van der Waals surface area contributed by atoms with E-state index in [0.29, 0.717) is 17.7 Å². The normalized spacial score (nSPS) is 17.7. The number of sulfonamides is 1. The van der Waals surface area contributed by atoms with Gasteiger partial charge in [-0.1, -0.05) is 6.07 Å². The molecule has 1 saturated heterocycles. The molecule has 1 aliphatic heterocycles. The molecule has 172 valence electrons. The topological polar surface area (TPSA) is 88.6 Å². The molecule has 0 unspecified atom stereocenters. The van der Waals surface area contributed by atoms with Crippen molar-refractivity contribution in [3.8, 4) is 5.75 Å². The fourth-order valence-corrected chi connectivity index (χ4v) is 5.79. The Morgan fingerprint density at radius 2 is 1.84 bits per heavy atom. The van der Waals surface area contributed by atoms with Crippen LogP contribution in [0.4, 0.5) is 14.6 Å². The Bertz CT molecular complexity index is 1090. The predicted octanol–water partition coefficient (Wildman–Crippen LogP) is 3.60. The molecular formula is C22H25F2N3O4S. The lowest BCUT2D eigenvalue weighted by Crippen LogP contribution is -2.41. The number of benzene rings is 1. The van der Waals surface area contributed by atoms with E-state index in [1.165, 1.54) is 28.2 Å². The van der Waals surface area contributed by atoms with Gasteiger partial charge < -0.3 is 10.1 Å². The van der Waals surface area contributed by atoms with Crippen molar-refractivity contribution in [2.24, 2.45) is 5.92 Å². The van der Waals surface area contributed by atoms with Crippen LogP contribution >= 0.6 is 0 Å². The van der Waals surface area contributed by atoms with Gasteiger partial charge in [0.1, 0.15) is 0 Å². The third-order valence-corrected chi connectivity index (χ3v) is 7.91. The second kappa shape index (κ2) is 9.50. The highest BCUT2D eigenvalue weighted by Gasteiger charge is 2.33. The SMILES string of the molecule is O=C(Nc1ncccc1OC(F)F)C1CCN(S(=O)(=O)c2ccc3c(c2)CCCC3)CC1. The van der Waals surface area contributed by atoms with E-state index in [1.54, 1.807) is 12.1 Å². The number of anilines is 1. The van der Waals surface area contributed by atoms with Gasteiger partial charge in [0.15, 0.2) is 11.6 Å². The second-order valence-electron chi connectivity index (χ2n) is 8.03. The third-order valence-electron chi connectivity index (χ3n) is 6.01. The molecule has 2 heterocycles. The van der Waals surface area contributed by atoms with Crippen molar-refractivity contribution >= 4 is 21.7 Å². The average molecular weight is 466 g/mol. The first-order valence-corrected chi connectivity index (χ1v) is 12.1. The number of aromatic nitrogens is 1. The predicted molar refractivity (Wildman–Crippen MR) is 114 cm³/mol. The van der Waals surface area contributed by atoms with E-state index >= 15 is 0 Å². The number of carbonyl (C=O) groups excluding carboxylic acids is 1. The maximum Gasteiger partial charge on any atom is 0.387 e. The van der Waals surface area contributed by atoms with Crippen molar-refractivity contribution in [3.05, 3.63) is 47.7 Å². The number of amides is 1. The Morgan fingerprint density at radius 3 is 2.56 bits per heavy atom. The van der Waals surface area contributed by atoms with E-state index in [2.05, 4.69) is 15.0 Å². The molecule has 1 amide bonds. The summed E-state index contributed by atoms with van der Waals surface area (Å²) in [6, 6.07) is 8.09. The maximum absolute atomic E-state index is 13.1. The van der Waals surface area contributed by atoms with Crippen molar-refractivity contribution < 1.29 is 26.7 Å². The van der Waals surface area contributed by atoms with Crippen LogP contribution in [0.15, 0.2) is 41.4 Å². The standard InChI is InChI=1S/C22H25F2N3O4S/c23-22(24)31-19-6-3-11-25-20(19)26-21(28)16-9-12-27(13-10-16)32(29,30)18-8-7-15-4-1-2-5-17(15)14-18/h3,6-8,11,14,16,22H,1-2,4-5,9-10,12-13H2,(H,25,26,28). The number of aryl methyl sites for hydroxylation is 2. The molecule has 4 rings (SSSR count). The van der Waals surface area contributed by atoms with E-state index in [4.69, 9.17) is 0 Å². The van der Waals surface area contributed by atoms with Crippen LogP contribution in [0.2, 0.25) is 0 Å². The number of nitrogens with zero attached hydrogens (tertiary/aromatic N) is 2. The molecule has 0 atom stereocenters. The molecule has 1 aromatic carbocycles. The van der Waals surface area contributed by atoms with Crippen LogP contribution in [0.1, 0.15) is 36.8 Å². The molecule has 2 aliphatic rings. The monoisotopic (exact) mass is 465 g/mol. The van der Waals surface area contributed by atoms with Gasteiger partial charge in [-0.25, -0.2) is 13.4 Å². The number of hydrogen-bond donors (Lipinski definition) is 1. The van der Waals surface area contributed by atoms with E-state index in [0.717, 1.165) is 31.2 Å². The Hall–Kier alpha value is -2.59. The molecule has 0 bridgehead atoms. The van der Waals surface area contributed by atoms with Crippen molar-refractivity contribution in [3.63, 3.8) is 0 Å². The first-order valence-electron chi connectivity index (χ1n) is 10.7. The van der Waals surface area contributed by atoms with Crippen LogP contribution in [-0.4, -0.2) is 43.3 Å². The quantitative estimate of drug-likeness (QED) is 0.704. The van der Waals surface area contributed by atoms with Gasteiger partial charge in [-0.2, -0.15) is 13.1 Å². The van der Waals surface area contributed by atoms with Crippen LogP contribution in [0.25, 0.3) is 0 Å². The van der Waals surface area contributed by atoms with Crippen LogP contribution in [0, 0.1) is 5.92 Å². The van der Waals surface area contributed by atoms with Gasteiger partial charge in [-0.15, -0.1) is 0 Å². The van der Waals surface area contributed by atoms with Gasteiger partial charge in [-0.05, 0) is 73.9 Å². The molecule has 32 heavy (non-hydrogen) atoms. The molecule has 7 nitrogen and oxygen atoms in total. The van der Waals surface area contributed by atoms with Crippen molar-refractivity contribution in [2.75, 3.05) is 18.4 Å². The molecular weight excluding hydrogens is 440 g/mol. The molecule has 0 saturated carbocycles. The highest BCUT2D eigenvalue weighted by Crippen LogP contribution is 2.29. The number of carbonyl (C=O) groups is 1. The summed E-state index contributed by atoms with van der Waals surface area (Å²) in [5, 5.41) is 2.53. The lowest BCUT2D eigenvalue weighted by atomic mass is 9.92. The second-order valence-corrected chi connectivity index (χ2v) is 9.97. The summed E-state index contributed by atoms with van der Waals surface area (Å²) >= 11 is 0. The van der Waals surface area contributed by atoms with Crippen LogP contribution in [-0.2, 0) is 27.7 Å². The average Bonchev–Trinajstić information content (AvgIpc) is 2.79. The Kier molecular flexibility index (Phi) is 6.71. The smallest absolute Gasteiger partial charge is 0.387 e. The van der Waals surface area contributed by atoms with Gasteiger partial charge in [-0.3, -0.25) is 4.79 Å². The van der Waals surface area contributed by atoms with Gasteiger partial charge in [0.25, 0.3) is 0 Å². The zero-order valence-electron chi connectivity index (χ0n) is 17.5. The zero-order valence-corrected chi connectivity index (χ0v) is 18.3. The molecule has 2 aromatic rings. The summed E-state index contributed by atoms with van der Waals surface area (Å²) in [7, 11) is -3.64. The molecule has 1 N–H and O–H groups in total. The number of alkyl halides is 2. The first-order chi connectivity index (χ1) is 15.3. The van der Waals surface area contributed by atoms with Gasteiger partial charge >= 0.3 is 6.61 Å². The van der Waals surface area contributed by atoms with Crippen LogP contribution in [0.3, 0.4) is 0 Å². The number of fused-ring (bicyclic) bond motifs is 1. The summed E-state index contributed by atoms with van der Waals surface area (Å²) in [5.74, 6) is -1.15. The molecule has 0 spiro atoms.